The zero-order valence-electron chi connectivity index (χ0n) is 4.66. The highest BCUT2D eigenvalue weighted by molar-refractivity contribution is 6.24. The summed E-state index contributed by atoms with van der Waals surface area (Å²) in [7, 11) is 0. The molecule has 3 nitrogen and oxygen atoms in total. The standard InChI is InChI=1S/C5H7ClN2O/c6-5(9)2-1-3-8-4(5)7/h1-4,9H,7H2. The van der Waals surface area contributed by atoms with E-state index >= 15 is 0 Å². The number of hydrogen-bond acceptors (Lipinski definition) is 3. The van der Waals surface area contributed by atoms with Crippen molar-refractivity contribution in [2.75, 3.05) is 0 Å². The number of aliphatic imine (C=N–C) groups is 1. The molecule has 0 aromatic carbocycles. The minimum Gasteiger partial charge on any atom is -0.369 e. The maximum absolute atomic E-state index is 9.08. The summed E-state index contributed by atoms with van der Waals surface area (Å²) < 4.78 is 0. The lowest BCUT2D eigenvalue weighted by Gasteiger charge is -2.22. The highest BCUT2D eigenvalue weighted by Crippen LogP contribution is 2.19. The van der Waals surface area contributed by atoms with Gasteiger partial charge in [-0.3, -0.25) is 4.99 Å². The lowest BCUT2D eigenvalue weighted by Crippen LogP contribution is -2.41. The highest BCUT2D eigenvalue weighted by atomic mass is 35.5. The van der Waals surface area contributed by atoms with Gasteiger partial charge in [0.2, 0.25) is 0 Å². The number of aliphatic hydroxyl groups is 1. The van der Waals surface area contributed by atoms with Gasteiger partial charge in [0.25, 0.3) is 0 Å². The van der Waals surface area contributed by atoms with Crippen LogP contribution in [0.25, 0.3) is 0 Å². The predicted octanol–water partition coefficient (Wildman–Crippen LogP) is -0.161. The molecule has 0 amide bonds. The van der Waals surface area contributed by atoms with Crippen LogP contribution in [0.2, 0.25) is 0 Å². The van der Waals surface area contributed by atoms with Gasteiger partial charge in [0.1, 0.15) is 6.17 Å². The first-order chi connectivity index (χ1) is 4.13. The van der Waals surface area contributed by atoms with Gasteiger partial charge in [-0.1, -0.05) is 11.6 Å². The summed E-state index contributed by atoms with van der Waals surface area (Å²) in [6.45, 7) is 0. The number of nitrogens with zero attached hydrogens (tertiary/aromatic N) is 1. The van der Waals surface area contributed by atoms with Crippen molar-refractivity contribution in [1.82, 2.24) is 0 Å². The fourth-order valence-electron chi connectivity index (χ4n) is 0.524. The molecular formula is C5H7ClN2O. The van der Waals surface area contributed by atoms with Crippen molar-refractivity contribution in [3.63, 3.8) is 0 Å². The van der Waals surface area contributed by atoms with E-state index in [0.717, 1.165) is 0 Å². The molecular weight excluding hydrogens is 140 g/mol. The third-order valence-corrected chi connectivity index (χ3v) is 1.43. The maximum Gasteiger partial charge on any atom is 0.193 e. The summed E-state index contributed by atoms with van der Waals surface area (Å²) in [6.07, 6.45) is 3.70. The quantitative estimate of drug-likeness (QED) is 0.467. The monoisotopic (exact) mass is 146 g/mol. The Labute approximate surface area is 57.8 Å². The van der Waals surface area contributed by atoms with E-state index in [1.165, 1.54) is 12.3 Å². The van der Waals surface area contributed by atoms with Gasteiger partial charge < -0.3 is 10.8 Å². The van der Waals surface area contributed by atoms with E-state index in [4.69, 9.17) is 22.4 Å². The minimum atomic E-state index is -1.49. The van der Waals surface area contributed by atoms with Gasteiger partial charge in [-0.25, -0.2) is 0 Å². The zero-order valence-corrected chi connectivity index (χ0v) is 5.42. The molecule has 0 fully saturated rings. The van der Waals surface area contributed by atoms with Crippen LogP contribution >= 0.6 is 11.6 Å². The largest absolute Gasteiger partial charge is 0.369 e. The second-order valence-corrected chi connectivity index (χ2v) is 2.44. The molecule has 4 heteroatoms. The molecule has 3 N–H and O–H groups in total. The van der Waals surface area contributed by atoms with Gasteiger partial charge >= 0.3 is 0 Å². The molecule has 1 rings (SSSR count). The van der Waals surface area contributed by atoms with Crippen LogP contribution in [0.3, 0.4) is 0 Å². The highest BCUT2D eigenvalue weighted by Gasteiger charge is 2.29. The molecule has 0 aromatic rings. The van der Waals surface area contributed by atoms with Gasteiger partial charge in [0.15, 0.2) is 5.06 Å². The molecule has 0 radical (unpaired) electrons. The smallest absolute Gasteiger partial charge is 0.193 e. The molecule has 9 heavy (non-hydrogen) atoms. The Balaban J connectivity index is 2.78. The van der Waals surface area contributed by atoms with Gasteiger partial charge in [0.05, 0.1) is 0 Å². The molecule has 0 aliphatic carbocycles. The molecule has 1 aliphatic rings. The predicted molar refractivity (Wildman–Crippen MR) is 36.4 cm³/mol. The lowest BCUT2D eigenvalue weighted by molar-refractivity contribution is 0.150. The second kappa shape index (κ2) is 2.10. The van der Waals surface area contributed by atoms with Crippen LogP contribution in [0.4, 0.5) is 0 Å². The maximum atomic E-state index is 9.08. The number of alkyl halides is 1. The molecule has 1 aliphatic heterocycles. The zero-order chi connectivity index (χ0) is 6.91. The number of nitrogens with two attached hydrogens (primary N) is 1. The van der Waals surface area contributed by atoms with Crippen molar-refractivity contribution in [3.8, 4) is 0 Å². The number of allylic oxidation sites excluding steroid dienone is 1. The average Bonchev–Trinajstić information content (AvgIpc) is 1.77. The average molecular weight is 147 g/mol. The first-order valence-corrected chi connectivity index (χ1v) is 2.88. The van der Waals surface area contributed by atoms with E-state index in [0.29, 0.717) is 0 Å². The fourth-order valence-corrected chi connectivity index (χ4v) is 0.653. The van der Waals surface area contributed by atoms with Crippen molar-refractivity contribution < 1.29 is 5.11 Å². The topological polar surface area (TPSA) is 58.6 Å². The molecule has 0 saturated heterocycles. The van der Waals surface area contributed by atoms with E-state index in [1.54, 1.807) is 6.08 Å². The number of halogens is 1. The van der Waals surface area contributed by atoms with Crippen LogP contribution in [0.15, 0.2) is 17.1 Å². The third-order valence-electron chi connectivity index (χ3n) is 1.08. The van der Waals surface area contributed by atoms with Crippen LogP contribution in [-0.4, -0.2) is 22.5 Å². The van der Waals surface area contributed by atoms with Crippen LogP contribution in [0.1, 0.15) is 0 Å². The Morgan fingerprint density at radius 2 is 2.44 bits per heavy atom. The summed E-state index contributed by atoms with van der Waals surface area (Å²) in [6, 6.07) is 0. The SMILES string of the molecule is NC1N=CC=CC1(O)Cl. The van der Waals surface area contributed by atoms with E-state index < -0.39 is 11.2 Å². The molecule has 2 atom stereocenters. The summed E-state index contributed by atoms with van der Waals surface area (Å²) in [5.74, 6) is 0. The van der Waals surface area contributed by atoms with E-state index in [9.17, 15) is 0 Å². The summed E-state index contributed by atoms with van der Waals surface area (Å²) in [5.41, 5.74) is 5.28. The van der Waals surface area contributed by atoms with E-state index in [2.05, 4.69) is 4.99 Å². The van der Waals surface area contributed by atoms with Crippen molar-refractivity contribution >= 4 is 17.8 Å². The Morgan fingerprint density at radius 3 is 2.78 bits per heavy atom. The number of dihydropyridines is 1. The summed E-state index contributed by atoms with van der Waals surface area (Å²) >= 11 is 5.45. The van der Waals surface area contributed by atoms with Gasteiger partial charge in [-0.15, -0.1) is 0 Å². The molecule has 0 bridgehead atoms. The lowest BCUT2D eigenvalue weighted by atomic mass is 10.2. The van der Waals surface area contributed by atoms with Gasteiger partial charge in [-0.05, 0) is 12.2 Å². The Hall–Kier alpha value is -0.380. The van der Waals surface area contributed by atoms with Gasteiger partial charge in [0, 0.05) is 6.21 Å². The Bertz CT molecular complexity index is 164. The molecule has 0 spiro atoms. The Morgan fingerprint density at radius 1 is 1.78 bits per heavy atom. The fraction of sp³-hybridized carbons (Fsp3) is 0.400. The van der Waals surface area contributed by atoms with E-state index in [1.807, 2.05) is 0 Å². The van der Waals surface area contributed by atoms with Crippen LogP contribution in [0, 0.1) is 0 Å². The molecule has 0 saturated carbocycles. The summed E-state index contributed by atoms with van der Waals surface area (Å²) in [4.78, 5) is 3.67. The van der Waals surface area contributed by atoms with Crippen LogP contribution < -0.4 is 5.73 Å². The van der Waals surface area contributed by atoms with Crippen LogP contribution in [-0.2, 0) is 0 Å². The van der Waals surface area contributed by atoms with Crippen molar-refractivity contribution in [2.45, 2.75) is 11.2 Å². The Kier molecular flexibility index (Phi) is 1.57. The van der Waals surface area contributed by atoms with Crippen molar-refractivity contribution in [1.29, 1.82) is 0 Å². The first kappa shape index (κ1) is 6.74. The molecule has 50 valence electrons. The van der Waals surface area contributed by atoms with Crippen molar-refractivity contribution in [3.05, 3.63) is 12.2 Å². The first-order valence-electron chi connectivity index (χ1n) is 2.51. The van der Waals surface area contributed by atoms with E-state index in [-0.39, 0.29) is 0 Å². The van der Waals surface area contributed by atoms with Gasteiger partial charge in [-0.2, -0.15) is 0 Å². The molecule has 2 unspecified atom stereocenters. The third kappa shape index (κ3) is 1.30. The summed E-state index contributed by atoms with van der Waals surface area (Å²) in [5, 5.41) is 7.59. The van der Waals surface area contributed by atoms with Crippen molar-refractivity contribution in [2.24, 2.45) is 10.7 Å². The minimum absolute atomic E-state index is 0.746. The molecule has 1 heterocycles. The van der Waals surface area contributed by atoms with Crippen LogP contribution in [0.5, 0.6) is 0 Å². The number of rotatable bonds is 0. The molecule has 0 aromatic heterocycles. The number of hydrogen-bond donors (Lipinski definition) is 2. The second-order valence-electron chi connectivity index (χ2n) is 1.83. The normalized spacial score (nSPS) is 41.4.